The molecule has 0 aromatic heterocycles. The first-order valence-corrected chi connectivity index (χ1v) is 10.3. The van der Waals surface area contributed by atoms with E-state index in [-0.39, 0.29) is 12.1 Å². The van der Waals surface area contributed by atoms with Crippen molar-refractivity contribution in [3.63, 3.8) is 0 Å². The maximum Gasteiger partial charge on any atom is 0.278 e. The Kier molecular flexibility index (Phi) is 3.75. The fraction of sp³-hybridized carbons (Fsp3) is 0.0909. The largest absolute Gasteiger partial charge is 0.278 e. The molecule has 1 fully saturated rings. The van der Waals surface area contributed by atoms with Crippen LogP contribution in [0.4, 0.5) is 0 Å². The highest BCUT2D eigenvalue weighted by Gasteiger charge is 2.38. The molecule has 2 unspecified atom stereocenters. The lowest BCUT2D eigenvalue weighted by Gasteiger charge is -2.19. The Morgan fingerprint density at radius 2 is 0.963 bits per heavy atom. The molecule has 1 heterocycles. The molecule has 2 N–H and O–H groups in total. The zero-order valence-corrected chi connectivity index (χ0v) is 15.3. The van der Waals surface area contributed by atoms with Crippen LogP contribution in [-0.4, -0.2) is 8.42 Å². The molecule has 0 saturated carbocycles. The van der Waals surface area contributed by atoms with Gasteiger partial charge in [0.25, 0.3) is 10.2 Å². The maximum absolute atomic E-state index is 12.3. The average molecular weight is 374 g/mol. The highest BCUT2D eigenvalue weighted by atomic mass is 32.2. The Labute approximate surface area is 158 Å². The van der Waals surface area contributed by atoms with Gasteiger partial charge in [-0.15, -0.1) is 0 Å². The fourth-order valence-corrected chi connectivity index (χ4v) is 5.11. The summed E-state index contributed by atoms with van der Waals surface area (Å²) in [5.41, 5.74) is 1.89. The third-order valence-corrected chi connectivity index (χ3v) is 6.29. The van der Waals surface area contributed by atoms with Crippen LogP contribution in [0, 0.1) is 0 Å². The molecule has 1 aliphatic rings. The van der Waals surface area contributed by atoms with Crippen LogP contribution in [0.3, 0.4) is 0 Å². The van der Waals surface area contributed by atoms with Crippen molar-refractivity contribution < 1.29 is 8.42 Å². The Bertz CT molecular complexity index is 1170. The molecule has 1 aliphatic heterocycles. The van der Waals surface area contributed by atoms with Gasteiger partial charge in [0, 0.05) is 0 Å². The van der Waals surface area contributed by atoms with Gasteiger partial charge in [0.15, 0.2) is 0 Å². The second kappa shape index (κ2) is 6.16. The molecule has 4 aromatic rings. The van der Waals surface area contributed by atoms with Crippen molar-refractivity contribution in [1.82, 2.24) is 9.44 Å². The highest BCUT2D eigenvalue weighted by Crippen LogP contribution is 2.36. The van der Waals surface area contributed by atoms with Crippen LogP contribution in [-0.2, 0) is 10.2 Å². The molecule has 5 rings (SSSR count). The van der Waals surface area contributed by atoms with E-state index < -0.39 is 10.2 Å². The van der Waals surface area contributed by atoms with Crippen LogP contribution >= 0.6 is 0 Å². The predicted octanol–water partition coefficient (Wildman–Crippen LogP) is 4.21. The van der Waals surface area contributed by atoms with Gasteiger partial charge in [-0.25, -0.2) is 0 Å². The van der Waals surface area contributed by atoms with Gasteiger partial charge in [0.05, 0.1) is 12.1 Å². The van der Waals surface area contributed by atoms with E-state index in [9.17, 15) is 8.42 Å². The van der Waals surface area contributed by atoms with E-state index in [1.165, 1.54) is 0 Å². The van der Waals surface area contributed by atoms with Crippen molar-refractivity contribution in [3.8, 4) is 0 Å². The molecule has 5 heteroatoms. The lowest BCUT2D eigenvalue weighted by atomic mass is 9.92. The minimum atomic E-state index is -3.55. The van der Waals surface area contributed by atoms with E-state index in [0.29, 0.717) is 0 Å². The lowest BCUT2D eigenvalue weighted by Crippen LogP contribution is -2.24. The molecule has 4 aromatic carbocycles. The van der Waals surface area contributed by atoms with Gasteiger partial charge in [-0.05, 0) is 44.8 Å². The molecule has 0 aliphatic carbocycles. The summed E-state index contributed by atoms with van der Waals surface area (Å²) in [6.45, 7) is 0. The van der Waals surface area contributed by atoms with E-state index in [4.69, 9.17) is 0 Å². The summed E-state index contributed by atoms with van der Waals surface area (Å²) in [6, 6.07) is 27.6. The first kappa shape index (κ1) is 16.4. The monoisotopic (exact) mass is 374 g/mol. The molecule has 1 saturated heterocycles. The lowest BCUT2D eigenvalue weighted by molar-refractivity contribution is 0.555. The Hall–Kier alpha value is -2.73. The standard InChI is InChI=1S/C22H18N2O2S/c25-27(26)23-21(19-11-9-15-5-1-3-7-17(15)13-19)22(24-27)20-12-10-16-6-2-4-8-18(16)14-20/h1-14,21-24H. The van der Waals surface area contributed by atoms with Gasteiger partial charge >= 0.3 is 0 Å². The maximum atomic E-state index is 12.3. The average Bonchev–Trinajstić information content (AvgIpc) is 3.03. The molecule has 0 radical (unpaired) electrons. The van der Waals surface area contributed by atoms with Crippen molar-refractivity contribution >= 4 is 31.8 Å². The summed E-state index contributed by atoms with van der Waals surface area (Å²) in [5.74, 6) is 0. The number of hydrogen-bond donors (Lipinski definition) is 2. The van der Waals surface area contributed by atoms with Crippen LogP contribution in [0.1, 0.15) is 23.2 Å². The highest BCUT2D eigenvalue weighted by molar-refractivity contribution is 7.87. The fourth-order valence-electron chi connectivity index (χ4n) is 3.83. The molecule has 2 atom stereocenters. The topological polar surface area (TPSA) is 58.2 Å². The minimum absolute atomic E-state index is 0.360. The minimum Gasteiger partial charge on any atom is -0.195 e. The number of fused-ring (bicyclic) bond motifs is 2. The predicted molar refractivity (Wildman–Crippen MR) is 109 cm³/mol. The quantitative estimate of drug-likeness (QED) is 0.552. The van der Waals surface area contributed by atoms with Gasteiger partial charge in [-0.3, -0.25) is 0 Å². The van der Waals surface area contributed by atoms with Crippen molar-refractivity contribution in [1.29, 1.82) is 0 Å². The van der Waals surface area contributed by atoms with Crippen LogP contribution in [0.5, 0.6) is 0 Å². The summed E-state index contributed by atoms with van der Waals surface area (Å²) in [6.07, 6.45) is 0. The van der Waals surface area contributed by atoms with Crippen LogP contribution in [0.15, 0.2) is 84.9 Å². The number of benzene rings is 4. The van der Waals surface area contributed by atoms with Gasteiger partial charge in [0.1, 0.15) is 0 Å². The first-order valence-electron chi connectivity index (χ1n) is 8.86. The van der Waals surface area contributed by atoms with E-state index in [0.717, 1.165) is 32.7 Å². The molecular formula is C22H18N2O2S. The van der Waals surface area contributed by atoms with E-state index in [2.05, 4.69) is 33.7 Å². The number of nitrogens with one attached hydrogen (secondary N) is 2. The molecule has 4 nitrogen and oxygen atoms in total. The summed E-state index contributed by atoms with van der Waals surface area (Å²) >= 11 is 0. The summed E-state index contributed by atoms with van der Waals surface area (Å²) in [4.78, 5) is 0. The summed E-state index contributed by atoms with van der Waals surface area (Å²) in [5, 5.41) is 4.46. The third kappa shape index (κ3) is 3.00. The summed E-state index contributed by atoms with van der Waals surface area (Å²) in [7, 11) is -3.55. The number of rotatable bonds is 2. The van der Waals surface area contributed by atoms with Crippen LogP contribution in [0.2, 0.25) is 0 Å². The summed E-state index contributed by atoms with van der Waals surface area (Å²) < 4.78 is 30.1. The van der Waals surface area contributed by atoms with Gasteiger partial charge in [-0.2, -0.15) is 17.9 Å². The van der Waals surface area contributed by atoms with E-state index >= 15 is 0 Å². The van der Waals surface area contributed by atoms with E-state index in [1.54, 1.807) is 0 Å². The van der Waals surface area contributed by atoms with Crippen molar-refractivity contribution in [3.05, 3.63) is 96.1 Å². The third-order valence-electron chi connectivity index (χ3n) is 5.16. The van der Waals surface area contributed by atoms with Crippen molar-refractivity contribution in [2.24, 2.45) is 0 Å². The van der Waals surface area contributed by atoms with Crippen LogP contribution in [0.25, 0.3) is 21.5 Å². The molecule has 0 bridgehead atoms. The molecule has 27 heavy (non-hydrogen) atoms. The molecule has 0 amide bonds. The Morgan fingerprint density at radius 1 is 0.556 bits per heavy atom. The zero-order valence-electron chi connectivity index (χ0n) is 14.5. The normalized spacial score (nSPS) is 21.6. The molecular weight excluding hydrogens is 356 g/mol. The molecule has 134 valence electrons. The van der Waals surface area contributed by atoms with Gasteiger partial charge in [-0.1, -0.05) is 72.8 Å². The smallest absolute Gasteiger partial charge is 0.195 e. The van der Waals surface area contributed by atoms with E-state index in [1.807, 2.05) is 60.7 Å². The molecule has 0 spiro atoms. The second-order valence-corrected chi connectivity index (χ2v) is 8.39. The number of hydrogen-bond acceptors (Lipinski definition) is 2. The second-order valence-electron chi connectivity index (χ2n) is 6.91. The SMILES string of the molecule is O=S1(=O)NC(c2ccc3ccccc3c2)C(c2ccc3ccccc3c2)N1. The first-order chi connectivity index (χ1) is 13.1. The van der Waals surface area contributed by atoms with Gasteiger partial charge < -0.3 is 0 Å². The van der Waals surface area contributed by atoms with Crippen LogP contribution < -0.4 is 9.44 Å². The Balaban J connectivity index is 1.61. The van der Waals surface area contributed by atoms with Crippen molar-refractivity contribution in [2.75, 3.05) is 0 Å². The van der Waals surface area contributed by atoms with Crippen molar-refractivity contribution in [2.45, 2.75) is 12.1 Å². The zero-order chi connectivity index (χ0) is 18.4. The Morgan fingerprint density at radius 3 is 1.41 bits per heavy atom. The van der Waals surface area contributed by atoms with Gasteiger partial charge in [0.2, 0.25) is 0 Å².